The number of hydrogen-bond acceptors (Lipinski definition) is 2. The van der Waals surface area contributed by atoms with Gasteiger partial charge in [0.2, 0.25) is 0 Å². The van der Waals surface area contributed by atoms with Crippen LogP contribution >= 0.6 is 11.6 Å². The van der Waals surface area contributed by atoms with Crippen LogP contribution in [0.15, 0.2) is 42.5 Å². The summed E-state index contributed by atoms with van der Waals surface area (Å²) in [6.45, 7) is 0.404. The molecule has 0 saturated heterocycles. The van der Waals surface area contributed by atoms with E-state index in [-0.39, 0.29) is 5.75 Å². The number of halogens is 4. The van der Waals surface area contributed by atoms with Gasteiger partial charge < -0.3 is 10.1 Å². The predicted molar refractivity (Wildman–Crippen MR) is 75.7 cm³/mol. The summed E-state index contributed by atoms with van der Waals surface area (Å²) in [5.41, 5.74) is -0.105. The van der Waals surface area contributed by atoms with Crippen molar-refractivity contribution in [3.05, 3.63) is 58.6 Å². The first kappa shape index (κ1) is 15.7. The molecular weight excluding hydrogens is 303 g/mol. The van der Waals surface area contributed by atoms with Gasteiger partial charge in [0.05, 0.1) is 5.56 Å². The molecule has 0 aliphatic heterocycles. The maximum absolute atomic E-state index is 12.8. The lowest BCUT2D eigenvalue weighted by Gasteiger charge is -2.14. The van der Waals surface area contributed by atoms with Gasteiger partial charge in [-0.2, -0.15) is 13.2 Å². The number of hydrogen-bond donors (Lipinski definition) is 1. The molecule has 0 heterocycles. The third-order valence-electron chi connectivity index (χ3n) is 2.80. The van der Waals surface area contributed by atoms with Crippen LogP contribution in [0.25, 0.3) is 0 Å². The molecule has 0 saturated carbocycles. The smallest absolute Gasteiger partial charge is 0.416 e. The van der Waals surface area contributed by atoms with Crippen LogP contribution in [-0.4, -0.2) is 7.05 Å². The number of benzene rings is 2. The van der Waals surface area contributed by atoms with Crippen molar-refractivity contribution >= 4 is 11.6 Å². The molecule has 2 aromatic carbocycles. The summed E-state index contributed by atoms with van der Waals surface area (Å²) in [5, 5.41) is 3.42. The van der Waals surface area contributed by atoms with Gasteiger partial charge in [-0.05, 0) is 43.4 Å². The van der Waals surface area contributed by atoms with Crippen LogP contribution in [0.1, 0.15) is 11.1 Å². The molecule has 0 atom stereocenters. The minimum atomic E-state index is -4.41. The van der Waals surface area contributed by atoms with E-state index in [9.17, 15) is 13.2 Å². The summed E-state index contributed by atoms with van der Waals surface area (Å²) >= 11 is 5.77. The Hall–Kier alpha value is -1.72. The van der Waals surface area contributed by atoms with Gasteiger partial charge >= 0.3 is 6.18 Å². The van der Waals surface area contributed by atoms with Crippen LogP contribution in [0.2, 0.25) is 5.02 Å². The maximum Gasteiger partial charge on any atom is 0.416 e. The molecule has 112 valence electrons. The van der Waals surface area contributed by atoms with Crippen molar-refractivity contribution < 1.29 is 17.9 Å². The van der Waals surface area contributed by atoms with Gasteiger partial charge in [0.15, 0.2) is 0 Å². The Kier molecular flexibility index (Phi) is 4.75. The van der Waals surface area contributed by atoms with Gasteiger partial charge in [-0.1, -0.05) is 17.7 Å². The molecule has 2 aromatic rings. The minimum absolute atomic E-state index is 0.168. The van der Waals surface area contributed by atoms with E-state index in [0.29, 0.717) is 22.9 Å². The van der Waals surface area contributed by atoms with Gasteiger partial charge in [-0.3, -0.25) is 0 Å². The first-order valence-electron chi connectivity index (χ1n) is 6.18. The SMILES string of the molecule is CNCc1ccc(C(F)(F)F)cc1Oc1ccc(Cl)cc1. The van der Waals surface area contributed by atoms with E-state index in [0.717, 1.165) is 12.1 Å². The number of alkyl halides is 3. The standard InChI is InChI=1S/C15H13ClF3NO/c1-20-9-10-2-3-11(15(17,18)19)8-14(10)21-13-6-4-12(16)5-7-13/h2-8,20H,9H2,1H3. The van der Waals surface area contributed by atoms with Crippen LogP contribution in [0.4, 0.5) is 13.2 Å². The van der Waals surface area contributed by atoms with E-state index in [1.807, 2.05) is 0 Å². The van der Waals surface area contributed by atoms with E-state index >= 15 is 0 Å². The van der Waals surface area contributed by atoms with Crippen molar-refractivity contribution in [2.24, 2.45) is 0 Å². The van der Waals surface area contributed by atoms with E-state index in [1.54, 1.807) is 31.3 Å². The number of ether oxygens (including phenoxy) is 1. The lowest BCUT2D eigenvalue weighted by Crippen LogP contribution is -2.09. The molecule has 21 heavy (non-hydrogen) atoms. The molecule has 2 rings (SSSR count). The fourth-order valence-corrected chi connectivity index (χ4v) is 1.92. The molecule has 0 radical (unpaired) electrons. The van der Waals surface area contributed by atoms with Crippen LogP contribution in [0.3, 0.4) is 0 Å². The van der Waals surface area contributed by atoms with E-state index < -0.39 is 11.7 Å². The van der Waals surface area contributed by atoms with Gasteiger partial charge in [-0.15, -0.1) is 0 Å². The fourth-order valence-electron chi connectivity index (χ4n) is 1.79. The zero-order chi connectivity index (χ0) is 15.5. The number of nitrogens with one attached hydrogen (secondary N) is 1. The molecule has 0 spiro atoms. The summed E-state index contributed by atoms with van der Waals surface area (Å²) < 4.78 is 43.9. The van der Waals surface area contributed by atoms with Crippen LogP contribution in [0, 0.1) is 0 Å². The molecule has 0 bridgehead atoms. The largest absolute Gasteiger partial charge is 0.457 e. The van der Waals surface area contributed by atoms with Gasteiger partial charge in [-0.25, -0.2) is 0 Å². The predicted octanol–water partition coefficient (Wildman–Crippen LogP) is 4.87. The normalized spacial score (nSPS) is 11.5. The topological polar surface area (TPSA) is 21.3 Å². The lowest BCUT2D eigenvalue weighted by molar-refractivity contribution is -0.137. The quantitative estimate of drug-likeness (QED) is 0.869. The summed E-state index contributed by atoms with van der Waals surface area (Å²) in [5.74, 6) is 0.595. The number of rotatable bonds is 4. The highest BCUT2D eigenvalue weighted by Gasteiger charge is 2.31. The Morgan fingerprint density at radius 3 is 2.33 bits per heavy atom. The van der Waals surface area contributed by atoms with Crippen LogP contribution in [0.5, 0.6) is 11.5 Å². The molecule has 6 heteroatoms. The maximum atomic E-state index is 12.8. The highest BCUT2D eigenvalue weighted by molar-refractivity contribution is 6.30. The molecule has 0 aliphatic carbocycles. The second-order valence-corrected chi connectivity index (χ2v) is 4.84. The third-order valence-corrected chi connectivity index (χ3v) is 3.06. The Morgan fingerprint density at radius 1 is 1.10 bits per heavy atom. The molecule has 1 N–H and O–H groups in total. The average Bonchev–Trinajstić information content (AvgIpc) is 2.42. The van der Waals surface area contributed by atoms with Crippen LogP contribution in [-0.2, 0) is 12.7 Å². The molecule has 0 aromatic heterocycles. The first-order chi connectivity index (χ1) is 9.90. The Balaban J connectivity index is 2.36. The molecule has 0 amide bonds. The molecule has 0 unspecified atom stereocenters. The van der Waals surface area contributed by atoms with Gasteiger partial charge in [0, 0.05) is 17.1 Å². The van der Waals surface area contributed by atoms with Crippen molar-refractivity contribution in [3.8, 4) is 11.5 Å². The molecule has 2 nitrogen and oxygen atoms in total. The lowest BCUT2D eigenvalue weighted by atomic mass is 10.1. The molecule has 0 fully saturated rings. The third kappa shape index (κ3) is 4.12. The van der Waals surface area contributed by atoms with E-state index in [4.69, 9.17) is 16.3 Å². The second-order valence-electron chi connectivity index (χ2n) is 4.41. The van der Waals surface area contributed by atoms with Gasteiger partial charge in [0.1, 0.15) is 11.5 Å². The second kappa shape index (κ2) is 6.37. The Bertz CT molecular complexity index is 611. The highest BCUT2D eigenvalue weighted by atomic mass is 35.5. The summed E-state index contributed by atoms with van der Waals surface area (Å²) in [6, 6.07) is 9.88. The minimum Gasteiger partial charge on any atom is -0.457 e. The van der Waals surface area contributed by atoms with Crippen molar-refractivity contribution in [2.45, 2.75) is 12.7 Å². The zero-order valence-corrected chi connectivity index (χ0v) is 11.9. The molecular formula is C15H13ClF3NO. The fraction of sp³-hybridized carbons (Fsp3) is 0.200. The average molecular weight is 316 g/mol. The Morgan fingerprint density at radius 2 is 1.76 bits per heavy atom. The van der Waals surface area contributed by atoms with Crippen molar-refractivity contribution in [1.29, 1.82) is 0 Å². The van der Waals surface area contributed by atoms with Crippen molar-refractivity contribution in [2.75, 3.05) is 7.05 Å². The van der Waals surface area contributed by atoms with E-state index in [2.05, 4.69) is 5.32 Å². The monoisotopic (exact) mass is 315 g/mol. The van der Waals surface area contributed by atoms with E-state index in [1.165, 1.54) is 6.07 Å². The Labute approximate surface area is 125 Å². The highest BCUT2D eigenvalue weighted by Crippen LogP contribution is 2.35. The zero-order valence-electron chi connectivity index (χ0n) is 11.2. The molecule has 0 aliphatic rings. The van der Waals surface area contributed by atoms with Crippen molar-refractivity contribution in [1.82, 2.24) is 5.32 Å². The van der Waals surface area contributed by atoms with Gasteiger partial charge in [0.25, 0.3) is 0 Å². The first-order valence-corrected chi connectivity index (χ1v) is 6.56. The summed E-state index contributed by atoms with van der Waals surface area (Å²) in [4.78, 5) is 0. The van der Waals surface area contributed by atoms with Crippen molar-refractivity contribution in [3.63, 3.8) is 0 Å². The summed E-state index contributed by atoms with van der Waals surface area (Å²) in [7, 11) is 1.71. The van der Waals surface area contributed by atoms with Crippen LogP contribution < -0.4 is 10.1 Å². The summed E-state index contributed by atoms with van der Waals surface area (Å²) in [6.07, 6.45) is -4.41.